The van der Waals surface area contributed by atoms with E-state index < -0.39 is 0 Å². The highest BCUT2D eigenvalue weighted by atomic mass is 16.5. The predicted octanol–water partition coefficient (Wildman–Crippen LogP) is 3.40. The van der Waals surface area contributed by atoms with Crippen LogP contribution < -0.4 is 9.47 Å². The second-order valence-corrected chi connectivity index (χ2v) is 5.84. The van der Waals surface area contributed by atoms with E-state index in [4.69, 9.17) is 14.2 Å². The fraction of sp³-hybridized carbons (Fsp3) is 0.556. The van der Waals surface area contributed by atoms with E-state index >= 15 is 0 Å². The van der Waals surface area contributed by atoms with Crippen LogP contribution in [-0.4, -0.2) is 32.6 Å². The van der Waals surface area contributed by atoms with Gasteiger partial charge in [-0.3, -0.25) is 9.59 Å². The topological polar surface area (TPSA) is 61.8 Å². The number of ether oxygens (including phenoxy) is 3. The monoisotopic (exact) mass is 320 g/mol. The molecule has 2 rings (SSSR count). The minimum atomic E-state index is -0.313. The van der Waals surface area contributed by atoms with Crippen LogP contribution in [0.3, 0.4) is 0 Å². The summed E-state index contributed by atoms with van der Waals surface area (Å²) in [6.07, 6.45) is 6.16. The lowest BCUT2D eigenvalue weighted by atomic mass is 10.0. The van der Waals surface area contributed by atoms with Crippen molar-refractivity contribution in [3.05, 3.63) is 23.8 Å². The van der Waals surface area contributed by atoms with E-state index in [1.165, 1.54) is 39.9 Å². The van der Waals surface area contributed by atoms with E-state index in [0.29, 0.717) is 29.4 Å². The third-order valence-electron chi connectivity index (χ3n) is 4.30. The molecular formula is C18H24O5. The number of benzene rings is 1. The smallest absolute Gasteiger partial charge is 0.306 e. The van der Waals surface area contributed by atoms with Gasteiger partial charge < -0.3 is 14.2 Å². The zero-order chi connectivity index (χ0) is 16.7. The number of hydrogen-bond donors (Lipinski definition) is 0. The molecule has 0 unspecified atom stereocenters. The van der Waals surface area contributed by atoms with Crippen LogP contribution in [0.1, 0.15) is 48.9 Å². The summed E-state index contributed by atoms with van der Waals surface area (Å²) >= 11 is 0. The van der Waals surface area contributed by atoms with Crippen molar-refractivity contribution in [2.75, 3.05) is 20.8 Å². The molecule has 1 aromatic rings. The van der Waals surface area contributed by atoms with Gasteiger partial charge in [0.15, 0.2) is 6.61 Å². The van der Waals surface area contributed by atoms with E-state index in [2.05, 4.69) is 0 Å². The minimum absolute atomic E-state index is 0.271. The summed E-state index contributed by atoms with van der Waals surface area (Å²) in [5, 5.41) is 0. The molecule has 0 atom stereocenters. The standard InChI is InChI=1S/C18H24O5/c1-21-14-8-9-17(22-2)15(11-14)16(19)12-23-18(20)10-7-13-5-3-4-6-13/h8-9,11,13H,3-7,10,12H2,1-2H3. The van der Waals surface area contributed by atoms with E-state index in [1.54, 1.807) is 18.2 Å². The highest BCUT2D eigenvalue weighted by Crippen LogP contribution is 2.28. The van der Waals surface area contributed by atoms with Crippen LogP contribution in [0.5, 0.6) is 11.5 Å². The van der Waals surface area contributed by atoms with Gasteiger partial charge in [0.2, 0.25) is 5.78 Å². The number of ketones is 1. The fourth-order valence-corrected chi connectivity index (χ4v) is 2.95. The van der Waals surface area contributed by atoms with Gasteiger partial charge in [0.25, 0.3) is 0 Å². The molecule has 1 aromatic carbocycles. The van der Waals surface area contributed by atoms with Gasteiger partial charge in [-0.15, -0.1) is 0 Å². The summed E-state index contributed by atoms with van der Waals surface area (Å²) in [7, 11) is 3.02. The number of carbonyl (C=O) groups is 2. The number of methoxy groups -OCH3 is 2. The molecule has 0 saturated heterocycles. The maximum absolute atomic E-state index is 12.2. The van der Waals surface area contributed by atoms with Crippen molar-refractivity contribution in [2.45, 2.75) is 38.5 Å². The lowest BCUT2D eigenvalue weighted by Crippen LogP contribution is -2.15. The van der Waals surface area contributed by atoms with Crippen LogP contribution in [0.4, 0.5) is 0 Å². The Hall–Kier alpha value is -2.04. The average molecular weight is 320 g/mol. The second kappa shape index (κ2) is 8.56. The van der Waals surface area contributed by atoms with E-state index in [9.17, 15) is 9.59 Å². The van der Waals surface area contributed by atoms with E-state index in [0.717, 1.165) is 6.42 Å². The minimum Gasteiger partial charge on any atom is -0.497 e. The van der Waals surface area contributed by atoms with Crippen LogP contribution in [0.25, 0.3) is 0 Å². The Bertz CT molecular complexity index is 546. The number of esters is 1. The molecule has 0 bridgehead atoms. The summed E-state index contributed by atoms with van der Waals surface area (Å²) in [5.74, 6) is 1.03. The molecule has 5 heteroatoms. The molecule has 0 radical (unpaired) electrons. The van der Waals surface area contributed by atoms with Gasteiger partial charge in [-0.05, 0) is 30.5 Å². The van der Waals surface area contributed by atoms with E-state index in [1.807, 2.05) is 0 Å². The third-order valence-corrected chi connectivity index (χ3v) is 4.30. The van der Waals surface area contributed by atoms with Crippen LogP contribution in [0.2, 0.25) is 0 Å². The molecule has 0 heterocycles. The van der Waals surface area contributed by atoms with Gasteiger partial charge in [0.1, 0.15) is 11.5 Å². The Balaban J connectivity index is 1.84. The first-order valence-corrected chi connectivity index (χ1v) is 8.05. The molecule has 126 valence electrons. The molecule has 23 heavy (non-hydrogen) atoms. The Labute approximate surface area is 136 Å². The van der Waals surface area contributed by atoms with Crippen molar-refractivity contribution in [2.24, 2.45) is 5.92 Å². The highest BCUT2D eigenvalue weighted by Gasteiger charge is 2.18. The van der Waals surface area contributed by atoms with Crippen molar-refractivity contribution in [1.29, 1.82) is 0 Å². The summed E-state index contributed by atoms with van der Waals surface area (Å²) in [6.45, 7) is -0.271. The maximum Gasteiger partial charge on any atom is 0.306 e. The molecule has 1 saturated carbocycles. The molecule has 5 nitrogen and oxygen atoms in total. The SMILES string of the molecule is COc1ccc(OC)c(C(=O)COC(=O)CCC2CCCC2)c1. The summed E-state index contributed by atoms with van der Waals surface area (Å²) < 4.78 is 15.4. The van der Waals surface area contributed by atoms with Crippen molar-refractivity contribution >= 4 is 11.8 Å². The van der Waals surface area contributed by atoms with Crippen molar-refractivity contribution in [3.8, 4) is 11.5 Å². The van der Waals surface area contributed by atoms with Crippen LogP contribution in [-0.2, 0) is 9.53 Å². The summed E-state index contributed by atoms with van der Waals surface area (Å²) in [4.78, 5) is 24.0. The number of Topliss-reactive ketones (excluding diaryl/α,β-unsaturated/α-hetero) is 1. The van der Waals surface area contributed by atoms with Crippen molar-refractivity contribution < 1.29 is 23.8 Å². The lowest BCUT2D eigenvalue weighted by molar-refractivity contribution is -0.142. The first kappa shape index (κ1) is 17.3. The lowest BCUT2D eigenvalue weighted by Gasteiger charge is -2.11. The Morgan fingerprint density at radius 1 is 1.13 bits per heavy atom. The molecule has 0 aliphatic heterocycles. The van der Waals surface area contributed by atoms with Crippen molar-refractivity contribution in [3.63, 3.8) is 0 Å². The average Bonchev–Trinajstić information content (AvgIpc) is 3.10. The molecular weight excluding hydrogens is 296 g/mol. The fourth-order valence-electron chi connectivity index (χ4n) is 2.95. The van der Waals surface area contributed by atoms with Gasteiger partial charge in [-0.1, -0.05) is 25.7 Å². The van der Waals surface area contributed by atoms with Gasteiger partial charge in [0, 0.05) is 6.42 Å². The molecule has 1 aliphatic rings. The number of hydrogen-bond acceptors (Lipinski definition) is 5. The van der Waals surface area contributed by atoms with Gasteiger partial charge >= 0.3 is 5.97 Å². The van der Waals surface area contributed by atoms with E-state index in [-0.39, 0.29) is 18.4 Å². The van der Waals surface area contributed by atoms with Gasteiger partial charge in [-0.25, -0.2) is 0 Å². The third kappa shape index (κ3) is 4.98. The molecule has 0 N–H and O–H groups in total. The van der Waals surface area contributed by atoms with Gasteiger partial charge in [0.05, 0.1) is 19.8 Å². The zero-order valence-electron chi connectivity index (χ0n) is 13.8. The van der Waals surface area contributed by atoms with Crippen molar-refractivity contribution in [1.82, 2.24) is 0 Å². The zero-order valence-corrected chi connectivity index (χ0v) is 13.8. The van der Waals surface area contributed by atoms with Crippen LogP contribution >= 0.6 is 0 Å². The quantitative estimate of drug-likeness (QED) is 0.542. The maximum atomic E-state index is 12.2. The molecule has 1 aliphatic carbocycles. The Morgan fingerprint density at radius 3 is 2.52 bits per heavy atom. The largest absolute Gasteiger partial charge is 0.497 e. The van der Waals surface area contributed by atoms with Crippen LogP contribution in [0, 0.1) is 5.92 Å². The normalized spacial score (nSPS) is 14.5. The molecule has 0 spiro atoms. The van der Waals surface area contributed by atoms with Crippen LogP contribution in [0.15, 0.2) is 18.2 Å². The Kier molecular flexibility index (Phi) is 6.44. The highest BCUT2D eigenvalue weighted by molar-refractivity contribution is 6.00. The molecule has 0 amide bonds. The molecule has 0 aromatic heterocycles. The number of carbonyl (C=O) groups excluding carboxylic acids is 2. The summed E-state index contributed by atoms with van der Waals surface area (Å²) in [6, 6.07) is 4.96. The Morgan fingerprint density at radius 2 is 1.87 bits per heavy atom. The summed E-state index contributed by atoms with van der Waals surface area (Å²) in [5.41, 5.74) is 0.357. The first-order valence-electron chi connectivity index (χ1n) is 8.05. The molecule has 1 fully saturated rings. The second-order valence-electron chi connectivity index (χ2n) is 5.84. The predicted molar refractivity (Wildman–Crippen MR) is 86.0 cm³/mol. The van der Waals surface area contributed by atoms with Gasteiger partial charge in [-0.2, -0.15) is 0 Å². The number of rotatable bonds is 8. The first-order chi connectivity index (χ1) is 11.1.